The molecule has 1 rings (SSSR count). The molecule has 0 aromatic heterocycles. The Morgan fingerprint density at radius 1 is 1.00 bits per heavy atom. The van der Waals surface area contributed by atoms with Crippen molar-refractivity contribution in [3.63, 3.8) is 0 Å². The Hall–Kier alpha value is -1.84. The summed E-state index contributed by atoms with van der Waals surface area (Å²) >= 11 is 3.76. The van der Waals surface area contributed by atoms with Crippen molar-refractivity contribution in [2.45, 2.75) is 4.90 Å². The van der Waals surface area contributed by atoms with E-state index in [1.54, 1.807) is 0 Å². The van der Waals surface area contributed by atoms with E-state index in [0.29, 0.717) is 0 Å². The number of hydrogen-bond donors (Lipinski definition) is 1. The Kier molecular flexibility index (Phi) is 9.17. The van der Waals surface area contributed by atoms with Gasteiger partial charge in [-0.05, 0) is 6.07 Å². The summed E-state index contributed by atoms with van der Waals surface area (Å²) in [6.07, 6.45) is 0. The normalized spacial score (nSPS) is 7.81. The summed E-state index contributed by atoms with van der Waals surface area (Å²) in [7, 11) is 0. The van der Waals surface area contributed by atoms with Gasteiger partial charge in [0.25, 0.3) is 0 Å². The van der Waals surface area contributed by atoms with Crippen LogP contribution < -0.4 is 0 Å². The van der Waals surface area contributed by atoms with Gasteiger partial charge < -0.3 is 0 Å². The zero-order valence-corrected chi connectivity index (χ0v) is 8.33. The van der Waals surface area contributed by atoms with E-state index < -0.39 is 21.2 Å². The lowest BCUT2D eigenvalue weighted by molar-refractivity contribution is -0.424. The van der Waals surface area contributed by atoms with E-state index in [-0.39, 0.29) is 19.0 Å². The number of hydrogen-bond acceptors (Lipinski definition) is 5. The van der Waals surface area contributed by atoms with E-state index in [1.165, 1.54) is 12.1 Å². The third-order valence-electron chi connectivity index (χ3n) is 1.37. The monoisotopic (exact) mass is 260 g/mol. The standard InChI is InChI=1S/C6H4N2O4S.3FH/c9-7(10)4-2-1-3-5(13)6(4)8(11)12;;;/h1-3,13H;3*1H. The van der Waals surface area contributed by atoms with Crippen molar-refractivity contribution < 1.29 is 24.0 Å². The van der Waals surface area contributed by atoms with Crippen LogP contribution in [0.5, 0.6) is 0 Å². The van der Waals surface area contributed by atoms with Gasteiger partial charge in [-0.15, -0.1) is 12.6 Å². The molecule has 0 saturated heterocycles. The summed E-state index contributed by atoms with van der Waals surface area (Å²) in [5, 5.41) is 20.7. The molecule has 16 heavy (non-hydrogen) atoms. The fourth-order valence-corrected chi connectivity index (χ4v) is 1.14. The molecule has 0 amide bonds. The topological polar surface area (TPSA) is 86.3 Å². The van der Waals surface area contributed by atoms with Gasteiger partial charge in [-0.25, -0.2) is 0 Å². The highest BCUT2D eigenvalue weighted by molar-refractivity contribution is 7.80. The van der Waals surface area contributed by atoms with Gasteiger partial charge in [0.2, 0.25) is 0 Å². The second-order valence-corrected chi connectivity index (χ2v) is 2.64. The van der Waals surface area contributed by atoms with Crippen molar-refractivity contribution in [2.24, 2.45) is 0 Å². The van der Waals surface area contributed by atoms with Gasteiger partial charge in [0.15, 0.2) is 0 Å². The Balaban J connectivity index is -0.000000563. The molecule has 6 nitrogen and oxygen atoms in total. The lowest BCUT2D eigenvalue weighted by Gasteiger charge is -1.95. The van der Waals surface area contributed by atoms with E-state index >= 15 is 0 Å². The average Bonchev–Trinajstić information content (AvgIpc) is 2.02. The molecule has 0 saturated carbocycles. The molecule has 0 heterocycles. The molecule has 0 radical (unpaired) electrons. The van der Waals surface area contributed by atoms with Crippen molar-refractivity contribution in [3.05, 3.63) is 38.4 Å². The summed E-state index contributed by atoms with van der Waals surface area (Å²) < 4.78 is 0. The first-order chi connectivity index (χ1) is 6.04. The van der Waals surface area contributed by atoms with E-state index in [9.17, 15) is 20.2 Å². The van der Waals surface area contributed by atoms with Crippen LogP contribution in [0.25, 0.3) is 0 Å². The lowest BCUT2D eigenvalue weighted by atomic mass is 10.3. The molecule has 0 atom stereocenters. The lowest BCUT2D eigenvalue weighted by Crippen LogP contribution is -1.96. The minimum atomic E-state index is -0.819. The number of halogens is 3. The first-order valence-corrected chi connectivity index (χ1v) is 3.59. The molecule has 0 fully saturated rings. The number of para-hydroxylation sites is 1. The third kappa shape index (κ3) is 3.73. The molecule has 0 aliphatic rings. The van der Waals surface area contributed by atoms with Gasteiger partial charge in [0, 0.05) is 6.07 Å². The number of nitro benzene ring substituents is 2. The fourth-order valence-electron chi connectivity index (χ4n) is 0.854. The zero-order chi connectivity index (χ0) is 10.0. The largest absolute Gasteiger partial charge is 0.359 e. The van der Waals surface area contributed by atoms with E-state index in [1.807, 2.05) is 0 Å². The van der Waals surface area contributed by atoms with Crippen LogP contribution in [0.2, 0.25) is 0 Å². The predicted molar refractivity (Wildman–Crippen MR) is 54.5 cm³/mol. The quantitative estimate of drug-likeness (QED) is 0.502. The molecule has 0 spiro atoms. The fraction of sp³-hybridized carbons (Fsp3) is 0. The molecule has 92 valence electrons. The van der Waals surface area contributed by atoms with E-state index in [2.05, 4.69) is 12.6 Å². The number of nitrogens with zero attached hydrogens (tertiary/aromatic N) is 2. The Morgan fingerprint density at radius 3 is 1.81 bits per heavy atom. The molecule has 0 N–H and O–H groups in total. The zero-order valence-electron chi connectivity index (χ0n) is 7.43. The number of nitro groups is 2. The van der Waals surface area contributed by atoms with Crippen LogP contribution in [-0.4, -0.2) is 9.85 Å². The molecule has 1 aromatic carbocycles. The van der Waals surface area contributed by atoms with Crippen LogP contribution in [0, 0.1) is 20.2 Å². The third-order valence-corrected chi connectivity index (χ3v) is 1.73. The SMILES string of the molecule is F.F.F.O=[N+]([O-])c1cccc(S)c1[N+](=O)[O-]. The highest BCUT2D eigenvalue weighted by Gasteiger charge is 2.26. The second-order valence-electron chi connectivity index (χ2n) is 2.16. The van der Waals surface area contributed by atoms with Gasteiger partial charge in [-0.2, -0.15) is 0 Å². The van der Waals surface area contributed by atoms with E-state index in [4.69, 9.17) is 0 Å². The summed E-state index contributed by atoms with van der Waals surface area (Å²) in [4.78, 5) is 19.1. The van der Waals surface area contributed by atoms with Crippen molar-refractivity contribution >= 4 is 24.0 Å². The van der Waals surface area contributed by atoms with Crippen molar-refractivity contribution in [1.82, 2.24) is 0 Å². The van der Waals surface area contributed by atoms with Gasteiger partial charge in [0.05, 0.1) is 14.7 Å². The number of rotatable bonds is 2. The number of thiol groups is 1. The molecule has 0 aliphatic heterocycles. The maximum atomic E-state index is 10.4. The van der Waals surface area contributed by atoms with Crippen LogP contribution in [-0.2, 0) is 0 Å². The minimum absolute atomic E-state index is 0. The minimum Gasteiger partial charge on any atom is -0.269 e. The summed E-state index contributed by atoms with van der Waals surface area (Å²) in [5.41, 5.74) is -1.12. The van der Waals surface area contributed by atoms with Crippen LogP contribution in [0.4, 0.5) is 25.5 Å². The molecular formula is C6H7F3N2O4S. The van der Waals surface area contributed by atoms with E-state index in [0.717, 1.165) is 6.07 Å². The van der Waals surface area contributed by atoms with Gasteiger partial charge in [-0.3, -0.25) is 34.3 Å². The molecular weight excluding hydrogens is 253 g/mol. The van der Waals surface area contributed by atoms with Gasteiger partial charge in [-0.1, -0.05) is 6.07 Å². The smallest absolute Gasteiger partial charge is 0.269 e. The number of benzene rings is 1. The maximum absolute atomic E-state index is 10.4. The summed E-state index contributed by atoms with van der Waals surface area (Å²) in [5.74, 6) is 0. The Morgan fingerprint density at radius 2 is 1.50 bits per heavy atom. The van der Waals surface area contributed by atoms with Crippen LogP contribution in [0.15, 0.2) is 23.1 Å². The predicted octanol–water partition coefficient (Wildman–Crippen LogP) is 2.25. The van der Waals surface area contributed by atoms with Crippen LogP contribution in [0.1, 0.15) is 0 Å². The average molecular weight is 260 g/mol. The van der Waals surface area contributed by atoms with Crippen LogP contribution >= 0.6 is 12.6 Å². The van der Waals surface area contributed by atoms with Crippen molar-refractivity contribution in [3.8, 4) is 0 Å². The van der Waals surface area contributed by atoms with Crippen LogP contribution in [0.3, 0.4) is 0 Å². The Labute approximate surface area is 92.1 Å². The molecule has 10 heteroatoms. The van der Waals surface area contributed by atoms with Gasteiger partial charge in [0.1, 0.15) is 0 Å². The van der Waals surface area contributed by atoms with Gasteiger partial charge >= 0.3 is 11.4 Å². The Bertz CT molecular complexity index is 390. The summed E-state index contributed by atoms with van der Waals surface area (Å²) in [6.45, 7) is 0. The summed E-state index contributed by atoms with van der Waals surface area (Å²) in [6, 6.07) is 3.74. The highest BCUT2D eigenvalue weighted by Crippen LogP contribution is 2.32. The first kappa shape index (κ1) is 19.7. The second kappa shape index (κ2) is 7.45. The molecule has 0 unspecified atom stereocenters. The molecule has 0 aliphatic carbocycles. The highest BCUT2D eigenvalue weighted by atomic mass is 32.1. The maximum Gasteiger partial charge on any atom is 0.359 e. The van der Waals surface area contributed by atoms with Crippen molar-refractivity contribution in [2.75, 3.05) is 0 Å². The van der Waals surface area contributed by atoms with Crippen molar-refractivity contribution in [1.29, 1.82) is 0 Å². The molecule has 0 bridgehead atoms. The molecule has 1 aromatic rings. The first-order valence-electron chi connectivity index (χ1n) is 3.15.